The number of aryl methyl sites for hydroxylation is 1. The predicted octanol–water partition coefficient (Wildman–Crippen LogP) is 3.15. The summed E-state index contributed by atoms with van der Waals surface area (Å²) in [5.41, 5.74) is 2.05. The minimum Gasteiger partial charge on any atom is -0.370 e. The van der Waals surface area contributed by atoms with Gasteiger partial charge < -0.3 is 4.74 Å². The Labute approximate surface area is 137 Å². The molecular formula is C18H21NO3S. The first-order valence-electron chi connectivity index (χ1n) is 7.75. The first kappa shape index (κ1) is 16.2. The fourth-order valence-corrected chi connectivity index (χ4v) is 4.58. The first-order chi connectivity index (χ1) is 11.0. The van der Waals surface area contributed by atoms with E-state index in [2.05, 4.69) is 0 Å². The van der Waals surface area contributed by atoms with Crippen LogP contribution in [0.5, 0.6) is 0 Å². The zero-order valence-corrected chi connectivity index (χ0v) is 14.2. The van der Waals surface area contributed by atoms with Gasteiger partial charge in [-0.2, -0.15) is 4.31 Å². The minimum atomic E-state index is -3.52. The van der Waals surface area contributed by atoms with Crippen LogP contribution in [0, 0.1) is 6.92 Å². The predicted molar refractivity (Wildman–Crippen MR) is 89.7 cm³/mol. The molecule has 2 aromatic carbocycles. The molecule has 0 spiro atoms. The second kappa shape index (κ2) is 6.43. The Hall–Kier alpha value is -1.69. The van der Waals surface area contributed by atoms with E-state index in [1.54, 1.807) is 16.4 Å². The first-order valence-corrected chi connectivity index (χ1v) is 9.19. The Kier molecular flexibility index (Phi) is 4.53. The Morgan fingerprint density at radius 2 is 1.70 bits per heavy atom. The highest BCUT2D eigenvalue weighted by Gasteiger charge is 2.37. The highest BCUT2D eigenvalue weighted by atomic mass is 32.2. The number of sulfonamides is 1. The fraction of sp³-hybridized carbons (Fsp3) is 0.333. The van der Waals surface area contributed by atoms with Crippen LogP contribution < -0.4 is 0 Å². The molecule has 3 rings (SSSR count). The van der Waals surface area contributed by atoms with Gasteiger partial charge in [-0.05, 0) is 31.5 Å². The molecule has 0 radical (unpaired) electrons. The van der Waals surface area contributed by atoms with Gasteiger partial charge in [0.05, 0.1) is 23.6 Å². The summed E-state index contributed by atoms with van der Waals surface area (Å²) in [5, 5.41) is 0. The maximum Gasteiger partial charge on any atom is 0.243 e. The lowest BCUT2D eigenvalue weighted by molar-refractivity contribution is -0.0361. The van der Waals surface area contributed by atoms with E-state index in [9.17, 15) is 8.42 Å². The van der Waals surface area contributed by atoms with E-state index >= 15 is 0 Å². The molecule has 1 aliphatic rings. The normalized spacial score (nSPS) is 22.9. The van der Waals surface area contributed by atoms with Gasteiger partial charge in [-0.25, -0.2) is 8.42 Å². The Morgan fingerprint density at radius 3 is 2.35 bits per heavy atom. The van der Waals surface area contributed by atoms with Crippen molar-refractivity contribution in [3.8, 4) is 0 Å². The van der Waals surface area contributed by atoms with Crippen molar-refractivity contribution in [1.29, 1.82) is 0 Å². The number of benzene rings is 2. The summed E-state index contributed by atoms with van der Waals surface area (Å²) in [6, 6.07) is 16.5. The summed E-state index contributed by atoms with van der Waals surface area (Å²) < 4.78 is 33.3. The van der Waals surface area contributed by atoms with E-state index in [0.29, 0.717) is 18.0 Å². The monoisotopic (exact) mass is 331 g/mol. The third kappa shape index (κ3) is 3.17. The standard InChI is InChI=1S/C18H21NO3S/c1-14-8-10-17(11-9-14)23(20,21)19-12-13-22-18(15(19)2)16-6-4-3-5-7-16/h3-11,15,18H,12-13H2,1-2H3/t15-,18-/m1/s1. The van der Waals surface area contributed by atoms with E-state index in [-0.39, 0.29) is 12.1 Å². The molecule has 5 heteroatoms. The molecule has 0 N–H and O–H groups in total. The van der Waals surface area contributed by atoms with E-state index in [1.807, 2.05) is 56.3 Å². The SMILES string of the molecule is Cc1ccc(S(=O)(=O)N2CCO[C@@H](c3ccccc3)[C@H]2C)cc1. The molecule has 0 bridgehead atoms. The molecule has 1 heterocycles. The third-order valence-corrected chi connectivity index (χ3v) is 6.26. The molecule has 0 saturated carbocycles. The van der Waals surface area contributed by atoms with Crippen LogP contribution in [0.25, 0.3) is 0 Å². The lowest BCUT2D eigenvalue weighted by Crippen LogP contribution is -2.48. The molecule has 1 fully saturated rings. The smallest absolute Gasteiger partial charge is 0.243 e. The molecule has 122 valence electrons. The number of rotatable bonds is 3. The van der Waals surface area contributed by atoms with E-state index in [1.165, 1.54) is 0 Å². The van der Waals surface area contributed by atoms with E-state index in [0.717, 1.165) is 11.1 Å². The lowest BCUT2D eigenvalue weighted by atomic mass is 10.0. The lowest BCUT2D eigenvalue weighted by Gasteiger charge is -2.38. The molecule has 2 aromatic rings. The van der Waals surface area contributed by atoms with Crippen molar-refractivity contribution in [1.82, 2.24) is 4.31 Å². The van der Waals surface area contributed by atoms with Crippen molar-refractivity contribution in [2.45, 2.75) is 30.9 Å². The maximum absolute atomic E-state index is 13.0. The number of hydrogen-bond donors (Lipinski definition) is 0. The molecule has 4 nitrogen and oxygen atoms in total. The van der Waals surface area contributed by atoms with Crippen LogP contribution in [0.15, 0.2) is 59.5 Å². The van der Waals surface area contributed by atoms with Gasteiger partial charge in [0.15, 0.2) is 0 Å². The molecule has 0 aromatic heterocycles. The highest BCUT2D eigenvalue weighted by Crippen LogP contribution is 2.32. The van der Waals surface area contributed by atoms with Crippen LogP contribution in [0.3, 0.4) is 0 Å². The second-order valence-corrected chi connectivity index (χ2v) is 7.76. The van der Waals surface area contributed by atoms with Gasteiger partial charge in [-0.3, -0.25) is 0 Å². The summed E-state index contributed by atoms with van der Waals surface area (Å²) in [6.45, 7) is 4.62. The molecule has 23 heavy (non-hydrogen) atoms. The number of nitrogens with zero attached hydrogens (tertiary/aromatic N) is 1. The van der Waals surface area contributed by atoms with Gasteiger partial charge in [0.2, 0.25) is 10.0 Å². The van der Waals surface area contributed by atoms with Crippen molar-refractivity contribution < 1.29 is 13.2 Å². The summed E-state index contributed by atoms with van der Waals surface area (Å²) in [4.78, 5) is 0.337. The Bertz CT molecular complexity index is 757. The van der Waals surface area contributed by atoms with Gasteiger partial charge in [-0.1, -0.05) is 48.0 Å². The summed E-state index contributed by atoms with van der Waals surface area (Å²) in [6.07, 6.45) is -0.245. The summed E-state index contributed by atoms with van der Waals surface area (Å²) in [7, 11) is -3.52. The third-order valence-electron chi connectivity index (χ3n) is 4.26. The van der Waals surface area contributed by atoms with Crippen LogP contribution >= 0.6 is 0 Å². The topological polar surface area (TPSA) is 46.6 Å². The van der Waals surface area contributed by atoms with Gasteiger partial charge in [0, 0.05) is 6.54 Å². The van der Waals surface area contributed by atoms with Crippen molar-refractivity contribution in [2.24, 2.45) is 0 Å². The zero-order valence-electron chi connectivity index (χ0n) is 13.3. The second-order valence-electron chi connectivity index (χ2n) is 5.87. The molecule has 0 unspecified atom stereocenters. The summed E-state index contributed by atoms with van der Waals surface area (Å²) in [5.74, 6) is 0. The van der Waals surface area contributed by atoms with Crippen LogP contribution in [-0.4, -0.2) is 31.9 Å². The molecule has 0 amide bonds. The van der Waals surface area contributed by atoms with Crippen LogP contribution in [0.2, 0.25) is 0 Å². The van der Waals surface area contributed by atoms with Gasteiger partial charge in [0.25, 0.3) is 0 Å². The maximum atomic E-state index is 13.0. The quantitative estimate of drug-likeness (QED) is 0.868. The fourth-order valence-electron chi connectivity index (χ4n) is 2.97. The minimum absolute atomic E-state index is 0.245. The van der Waals surface area contributed by atoms with Gasteiger partial charge in [0.1, 0.15) is 0 Å². The van der Waals surface area contributed by atoms with E-state index in [4.69, 9.17) is 4.74 Å². The van der Waals surface area contributed by atoms with Crippen molar-refractivity contribution >= 4 is 10.0 Å². The Balaban J connectivity index is 1.91. The molecule has 2 atom stereocenters. The molecule has 0 aliphatic carbocycles. The highest BCUT2D eigenvalue weighted by molar-refractivity contribution is 7.89. The van der Waals surface area contributed by atoms with Crippen molar-refractivity contribution in [2.75, 3.05) is 13.2 Å². The average molecular weight is 331 g/mol. The number of ether oxygens (including phenoxy) is 1. The Morgan fingerprint density at radius 1 is 1.04 bits per heavy atom. The van der Waals surface area contributed by atoms with Gasteiger partial charge >= 0.3 is 0 Å². The molecule has 1 aliphatic heterocycles. The largest absolute Gasteiger partial charge is 0.370 e. The van der Waals surface area contributed by atoms with Crippen LogP contribution in [-0.2, 0) is 14.8 Å². The van der Waals surface area contributed by atoms with E-state index < -0.39 is 10.0 Å². The molecule has 1 saturated heterocycles. The average Bonchev–Trinajstić information content (AvgIpc) is 2.56. The van der Waals surface area contributed by atoms with Crippen molar-refractivity contribution in [3.05, 3.63) is 65.7 Å². The van der Waals surface area contributed by atoms with Gasteiger partial charge in [-0.15, -0.1) is 0 Å². The number of morpholine rings is 1. The van der Waals surface area contributed by atoms with Crippen molar-refractivity contribution in [3.63, 3.8) is 0 Å². The zero-order chi connectivity index (χ0) is 16.4. The number of hydrogen-bond acceptors (Lipinski definition) is 3. The summed E-state index contributed by atoms with van der Waals surface area (Å²) >= 11 is 0. The van der Waals surface area contributed by atoms with Crippen LogP contribution in [0.4, 0.5) is 0 Å². The molecular weight excluding hydrogens is 310 g/mol. The van der Waals surface area contributed by atoms with Crippen LogP contribution in [0.1, 0.15) is 24.2 Å².